The summed E-state index contributed by atoms with van der Waals surface area (Å²) in [5.74, 6) is 0. The van der Waals surface area contributed by atoms with Gasteiger partial charge in [0.15, 0.2) is 0 Å². The quantitative estimate of drug-likeness (QED) is 0.841. The Labute approximate surface area is 117 Å². The number of hydrogen-bond acceptors (Lipinski definition) is 2. The van der Waals surface area contributed by atoms with Crippen molar-refractivity contribution in [2.75, 3.05) is 7.11 Å². The Kier molecular flexibility index (Phi) is 4.03. The van der Waals surface area contributed by atoms with Gasteiger partial charge in [-0.05, 0) is 58.1 Å². The second-order valence-corrected chi connectivity index (χ2v) is 6.61. The van der Waals surface area contributed by atoms with Gasteiger partial charge in [0, 0.05) is 18.7 Å². The summed E-state index contributed by atoms with van der Waals surface area (Å²) in [6, 6.07) is 9.20. The van der Waals surface area contributed by atoms with Gasteiger partial charge in [-0.15, -0.1) is 0 Å². The van der Waals surface area contributed by atoms with E-state index in [1.807, 2.05) is 0 Å². The molecule has 2 nitrogen and oxygen atoms in total. The Hall–Kier alpha value is -0.860. The Morgan fingerprint density at radius 3 is 2.47 bits per heavy atom. The SMILES string of the molecule is COC(C)(C)CC(C)NC1(c2ccccc2C)CC1. The fraction of sp³-hybridized carbons (Fsp3) is 0.647. The topological polar surface area (TPSA) is 21.3 Å². The molecular weight excluding hydrogens is 234 g/mol. The van der Waals surface area contributed by atoms with Gasteiger partial charge in [-0.2, -0.15) is 0 Å². The molecule has 19 heavy (non-hydrogen) atoms. The lowest BCUT2D eigenvalue weighted by atomic mass is 9.95. The van der Waals surface area contributed by atoms with Crippen LogP contribution in [0.2, 0.25) is 0 Å². The molecule has 1 N–H and O–H groups in total. The Morgan fingerprint density at radius 1 is 1.32 bits per heavy atom. The molecule has 1 aliphatic rings. The Balaban J connectivity index is 2.05. The number of nitrogens with one attached hydrogen (secondary N) is 1. The summed E-state index contributed by atoms with van der Waals surface area (Å²) in [5.41, 5.74) is 3.02. The van der Waals surface area contributed by atoms with E-state index < -0.39 is 0 Å². The van der Waals surface area contributed by atoms with Crippen molar-refractivity contribution in [2.45, 2.75) is 64.1 Å². The Morgan fingerprint density at radius 2 is 1.95 bits per heavy atom. The highest BCUT2D eigenvalue weighted by molar-refractivity contribution is 5.37. The first-order valence-corrected chi connectivity index (χ1v) is 7.27. The number of methoxy groups -OCH3 is 1. The van der Waals surface area contributed by atoms with Gasteiger partial charge in [-0.3, -0.25) is 0 Å². The van der Waals surface area contributed by atoms with E-state index in [0.717, 1.165) is 6.42 Å². The van der Waals surface area contributed by atoms with Crippen molar-refractivity contribution >= 4 is 0 Å². The fourth-order valence-electron chi connectivity index (χ4n) is 3.07. The lowest BCUT2D eigenvalue weighted by molar-refractivity contribution is 0.00729. The number of ether oxygens (including phenoxy) is 1. The molecule has 0 aliphatic heterocycles. The van der Waals surface area contributed by atoms with Crippen molar-refractivity contribution < 1.29 is 4.74 Å². The third kappa shape index (κ3) is 3.37. The van der Waals surface area contributed by atoms with Crippen LogP contribution in [0.15, 0.2) is 24.3 Å². The van der Waals surface area contributed by atoms with Crippen LogP contribution in [0.4, 0.5) is 0 Å². The van der Waals surface area contributed by atoms with E-state index in [0.29, 0.717) is 6.04 Å². The second-order valence-electron chi connectivity index (χ2n) is 6.61. The van der Waals surface area contributed by atoms with E-state index >= 15 is 0 Å². The van der Waals surface area contributed by atoms with Crippen molar-refractivity contribution in [2.24, 2.45) is 0 Å². The van der Waals surface area contributed by atoms with E-state index in [9.17, 15) is 0 Å². The van der Waals surface area contributed by atoms with Gasteiger partial charge in [0.1, 0.15) is 0 Å². The van der Waals surface area contributed by atoms with Crippen molar-refractivity contribution in [1.82, 2.24) is 5.32 Å². The average Bonchev–Trinajstić information content (AvgIpc) is 3.09. The van der Waals surface area contributed by atoms with Crippen LogP contribution in [0.1, 0.15) is 51.2 Å². The number of benzene rings is 1. The second kappa shape index (κ2) is 5.26. The third-order valence-electron chi connectivity index (χ3n) is 4.28. The van der Waals surface area contributed by atoms with Gasteiger partial charge in [0.2, 0.25) is 0 Å². The summed E-state index contributed by atoms with van der Waals surface area (Å²) in [5, 5.41) is 3.83. The largest absolute Gasteiger partial charge is 0.379 e. The van der Waals surface area contributed by atoms with Crippen LogP contribution >= 0.6 is 0 Å². The molecule has 0 amide bonds. The van der Waals surface area contributed by atoms with Crippen LogP contribution in [0, 0.1) is 6.92 Å². The fourth-order valence-corrected chi connectivity index (χ4v) is 3.07. The highest BCUT2D eigenvalue weighted by Crippen LogP contribution is 2.47. The van der Waals surface area contributed by atoms with Gasteiger partial charge in [-0.25, -0.2) is 0 Å². The minimum absolute atomic E-state index is 0.0613. The van der Waals surface area contributed by atoms with E-state index in [2.05, 4.69) is 57.3 Å². The standard InChI is InChI=1S/C17H27NO/c1-13-8-6-7-9-15(13)17(10-11-17)18-14(2)12-16(3,4)19-5/h6-9,14,18H,10-12H2,1-5H3. The molecule has 1 aliphatic carbocycles. The van der Waals surface area contributed by atoms with Crippen molar-refractivity contribution in [3.8, 4) is 0 Å². The highest BCUT2D eigenvalue weighted by Gasteiger charge is 2.45. The van der Waals surface area contributed by atoms with E-state index in [-0.39, 0.29) is 11.1 Å². The molecular formula is C17H27NO. The molecule has 1 unspecified atom stereocenters. The lowest BCUT2D eigenvalue weighted by Crippen LogP contribution is -2.41. The number of hydrogen-bond donors (Lipinski definition) is 1. The summed E-state index contributed by atoms with van der Waals surface area (Å²) in [6.07, 6.45) is 3.52. The number of aryl methyl sites for hydroxylation is 1. The van der Waals surface area contributed by atoms with E-state index in [4.69, 9.17) is 4.74 Å². The maximum atomic E-state index is 5.53. The summed E-state index contributed by atoms with van der Waals surface area (Å²) in [6.45, 7) is 8.77. The molecule has 0 saturated heterocycles. The summed E-state index contributed by atoms with van der Waals surface area (Å²) < 4.78 is 5.53. The van der Waals surface area contributed by atoms with Gasteiger partial charge < -0.3 is 10.1 Å². The van der Waals surface area contributed by atoms with Crippen LogP contribution in [-0.4, -0.2) is 18.8 Å². The molecule has 1 fully saturated rings. The zero-order chi connectivity index (χ0) is 14.1. The maximum Gasteiger partial charge on any atom is 0.0637 e. The lowest BCUT2D eigenvalue weighted by Gasteiger charge is -2.31. The molecule has 2 heteroatoms. The monoisotopic (exact) mass is 261 g/mol. The van der Waals surface area contributed by atoms with E-state index in [1.165, 1.54) is 24.0 Å². The first-order chi connectivity index (χ1) is 8.88. The van der Waals surface area contributed by atoms with Crippen molar-refractivity contribution in [1.29, 1.82) is 0 Å². The molecule has 1 aromatic carbocycles. The van der Waals surface area contributed by atoms with Gasteiger partial charge in [0.25, 0.3) is 0 Å². The van der Waals surface area contributed by atoms with Crippen LogP contribution in [0.5, 0.6) is 0 Å². The van der Waals surface area contributed by atoms with Crippen LogP contribution in [0.25, 0.3) is 0 Å². The van der Waals surface area contributed by atoms with Crippen molar-refractivity contribution in [3.05, 3.63) is 35.4 Å². The molecule has 106 valence electrons. The third-order valence-corrected chi connectivity index (χ3v) is 4.28. The minimum Gasteiger partial charge on any atom is -0.379 e. The average molecular weight is 261 g/mol. The van der Waals surface area contributed by atoms with Gasteiger partial charge in [-0.1, -0.05) is 24.3 Å². The van der Waals surface area contributed by atoms with Crippen LogP contribution in [0.3, 0.4) is 0 Å². The molecule has 0 radical (unpaired) electrons. The Bertz CT molecular complexity index is 435. The van der Waals surface area contributed by atoms with Crippen LogP contribution < -0.4 is 5.32 Å². The predicted octanol–water partition coefficient (Wildman–Crippen LogP) is 3.78. The van der Waals surface area contributed by atoms with Gasteiger partial charge in [0.05, 0.1) is 5.60 Å². The van der Waals surface area contributed by atoms with E-state index in [1.54, 1.807) is 7.11 Å². The zero-order valence-corrected chi connectivity index (χ0v) is 12.9. The predicted molar refractivity (Wildman–Crippen MR) is 80.4 cm³/mol. The molecule has 2 rings (SSSR count). The van der Waals surface area contributed by atoms with Crippen molar-refractivity contribution in [3.63, 3.8) is 0 Å². The molecule has 0 aromatic heterocycles. The normalized spacial score (nSPS) is 19.2. The molecule has 1 saturated carbocycles. The smallest absolute Gasteiger partial charge is 0.0637 e. The van der Waals surface area contributed by atoms with Gasteiger partial charge >= 0.3 is 0 Å². The summed E-state index contributed by atoms with van der Waals surface area (Å²) >= 11 is 0. The summed E-state index contributed by atoms with van der Waals surface area (Å²) in [7, 11) is 1.79. The molecule has 0 bridgehead atoms. The zero-order valence-electron chi connectivity index (χ0n) is 12.9. The molecule has 1 aromatic rings. The molecule has 0 heterocycles. The molecule has 0 spiro atoms. The number of rotatable bonds is 6. The maximum absolute atomic E-state index is 5.53. The first-order valence-electron chi connectivity index (χ1n) is 7.27. The molecule has 1 atom stereocenters. The summed E-state index contributed by atoms with van der Waals surface area (Å²) in [4.78, 5) is 0. The van der Waals surface area contributed by atoms with Crippen LogP contribution in [-0.2, 0) is 10.3 Å². The first kappa shape index (κ1) is 14.5. The highest BCUT2D eigenvalue weighted by atomic mass is 16.5. The minimum atomic E-state index is -0.0613.